The molecular formula is C20H18ClN3O5S. The lowest BCUT2D eigenvalue weighted by Crippen LogP contribution is -2.27. The number of aryl methyl sites for hydroxylation is 1. The summed E-state index contributed by atoms with van der Waals surface area (Å²) in [5.74, 6) is -1.37. The van der Waals surface area contributed by atoms with E-state index in [-0.39, 0.29) is 22.1 Å². The zero-order chi connectivity index (χ0) is 22.1. The highest BCUT2D eigenvalue weighted by Crippen LogP contribution is 2.27. The van der Waals surface area contributed by atoms with Gasteiger partial charge in [0.2, 0.25) is 5.43 Å². The number of sulfone groups is 1. The van der Waals surface area contributed by atoms with Crippen molar-refractivity contribution in [2.24, 2.45) is 0 Å². The Labute approximate surface area is 177 Å². The molecule has 3 rings (SSSR count). The first-order chi connectivity index (χ1) is 14.1. The Balaban J connectivity index is 2.00. The molecule has 30 heavy (non-hydrogen) atoms. The van der Waals surface area contributed by atoms with Crippen LogP contribution in [0.15, 0.2) is 58.2 Å². The van der Waals surface area contributed by atoms with Crippen molar-refractivity contribution in [2.75, 3.05) is 11.1 Å². The second-order valence-electron chi connectivity index (χ2n) is 6.42. The van der Waals surface area contributed by atoms with Crippen LogP contribution in [-0.4, -0.2) is 35.0 Å². The molecule has 0 fully saturated rings. The molecule has 8 nitrogen and oxygen atoms in total. The van der Waals surface area contributed by atoms with Crippen LogP contribution >= 0.6 is 11.6 Å². The molecular weight excluding hydrogens is 430 g/mol. The van der Waals surface area contributed by atoms with Crippen LogP contribution in [-0.2, 0) is 9.84 Å². The molecule has 2 N–H and O–H groups in total. The van der Waals surface area contributed by atoms with Crippen LogP contribution in [0.1, 0.15) is 23.1 Å². The Morgan fingerprint density at radius 3 is 2.47 bits per heavy atom. The highest BCUT2D eigenvalue weighted by atomic mass is 35.5. The Bertz CT molecular complexity index is 1280. The first-order valence-corrected chi connectivity index (χ1v) is 10.9. The monoisotopic (exact) mass is 447 g/mol. The number of nitrogens with zero attached hydrogens (tertiary/aromatic N) is 2. The topological polar surface area (TPSA) is 118 Å². The van der Waals surface area contributed by atoms with Crippen molar-refractivity contribution >= 4 is 33.0 Å². The van der Waals surface area contributed by atoms with Crippen molar-refractivity contribution in [1.29, 1.82) is 0 Å². The smallest absolute Gasteiger partial charge is 0.280 e. The molecule has 0 aliphatic heterocycles. The fraction of sp³-hybridized carbons (Fsp3) is 0.150. The summed E-state index contributed by atoms with van der Waals surface area (Å²) in [6.07, 6.45) is 0. The summed E-state index contributed by atoms with van der Waals surface area (Å²) in [4.78, 5) is 25.0. The Morgan fingerprint density at radius 1 is 1.17 bits per heavy atom. The first kappa shape index (κ1) is 21.5. The maximum absolute atomic E-state index is 12.7. The first-order valence-electron chi connectivity index (χ1n) is 8.86. The molecule has 3 aromatic rings. The number of halogens is 1. The molecule has 2 aromatic carbocycles. The minimum atomic E-state index is -3.55. The van der Waals surface area contributed by atoms with Crippen LogP contribution < -0.4 is 10.7 Å². The molecule has 1 heterocycles. The molecule has 1 amide bonds. The molecule has 1 aromatic heterocycles. The van der Waals surface area contributed by atoms with E-state index in [9.17, 15) is 23.1 Å². The summed E-state index contributed by atoms with van der Waals surface area (Å²) in [7, 11) is -3.55. The van der Waals surface area contributed by atoms with Crippen LogP contribution in [0.5, 0.6) is 5.75 Å². The summed E-state index contributed by atoms with van der Waals surface area (Å²) >= 11 is 5.90. The molecule has 0 radical (unpaired) electrons. The van der Waals surface area contributed by atoms with Gasteiger partial charge in [-0.15, -0.1) is 0 Å². The number of hydrogen-bond acceptors (Lipinski definition) is 6. The van der Waals surface area contributed by atoms with Gasteiger partial charge in [-0.05, 0) is 49.4 Å². The van der Waals surface area contributed by atoms with Gasteiger partial charge in [-0.2, -0.15) is 5.10 Å². The van der Waals surface area contributed by atoms with Crippen LogP contribution in [0.25, 0.3) is 5.69 Å². The number of carbonyl (C=O) groups is 1. The van der Waals surface area contributed by atoms with Gasteiger partial charge < -0.3 is 10.4 Å². The fourth-order valence-corrected chi connectivity index (χ4v) is 3.74. The zero-order valence-corrected chi connectivity index (χ0v) is 17.7. The summed E-state index contributed by atoms with van der Waals surface area (Å²) in [5.41, 5.74) is -0.0947. The van der Waals surface area contributed by atoms with Gasteiger partial charge in [0.25, 0.3) is 5.91 Å². The van der Waals surface area contributed by atoms with E-state index >= 15 is 0 Å². The van der Waals surface area contributed by atoms with E-state index < -0.39 is 26.9 Å². The van der Waals surface area contributed by atoms with Gasteiger partial charge in [-0.25, -0.2) is 13.1 Å². The quantitative estimate of drug-likeness (QED) is 0.580. The molecule has 0 unspecified atom stereocenters. The lowest BCUT2D eigenvalue weighted by molar-refractivity contribution is 0.101. The number of rotatable bonds is 5. The fourth-order valence-electron chi connectivity index (χ4n) is 2.71. The van der Waals surface area contributed by atoms with E-state index in [0.29, 0.717) is 16.4 Å². The molecule has 0 saturated carbocycles. The van der Waals surface area contributed by atoms with Gasteiger partial charge in [-0.3, -0.25) is 9.59 Å². The number of phenols is 1. The predicted octanol–water partition coefficient (Wildman–Crippen LogP) is 2.95. The van der Waals surface area contributed by atoms with Crippen molar-refractivity contribution in [1.82, 2.24) is 9.78 Å². The maximum Gasteiger partial charge on any atom is 0.280 e. The number of hydrogen-bond donors (Lipinski definition) is 2. The molecule has 0 atom stereocenters. The average molecular weight is 448 g/mol. The van der Waals surface area contributed by atoms with Crippen LogP contribution in [0.4, 0.5) is 5.69 Å². The highest BCUT2D eigenvalue weighted by Gasteiger charge is 2.19. The van der Waals surface area contributed by atoms with E-state index in [2.05, 4.69) is 10.4 Å². The van der Waals surface area contributed by atoms with Gasteiger partial charge in [0, 0.05) is 16.8 Å². The van der Waals surface area contributed by atoms with Crippen molar-refractivity contribution in [3.8, 4) is 11.4 Å². The third-order valence-corrected chi connectivity index (χ3v) is 6.33. The largest absolute Gasteiger partial charge is 0.506 e. The minimum Gasteiger partial charge on any atom is -0.506 e. The van der Waals surface area contributed by atoms with Gasteiger partial charge in [0.1, 0.15) is 5.75 Å². The molecule has 0 aliphatic rings. The lowest BCUT2D eigenvalue weighted by atomic mass is 10.2. The summed E-state index contributed by atoms with van der Waals surface area (Å²) < 4.78 is 25.5. The molecule has 0 bridgehead atoms. The van der Waals surface area contributed by atoms with E-state index in [1.54, 1.807) is 31.2 Å². The van der Waals surface area contributed by atoms with Crippen LogP contribution in [0, 0.1) is 6.92 Å². The van der Waals surface area contributed by atoms with Gasteiger partial charge in [0.05, 0.1) is 22.0 Å². The van der Waals surface area contributed by atoms with Gasteiger partial charge in [0.15, 0.2) is 15.5 Å². The average Bonchev–Trinajstić information content (AvgIpc) is 2.70. The normalized spacial score (nSPS) is 11.3. The number of aromatic nitrogens is 2. The number of phenolic OH excluding ortho intramolecular Hbond substituents is 1. The highest BCUT2D eigenvalue weighted by molar-refractivity contribution is 7.91. The third kappa shape index (κ3) is 4.37. The lowest BCUT2D eigenvalue weighted by Gasteiger charge is -2.12. The van der Waals surface area contributed by atoms with Gasteiger partial charge in [-0.1, -0.05) is 18.5 Å². The van der Waals surface area contributed by atoms with Crippen molar-refractivity contribution in [3.05, 3.63) is 75.2 Å². The zero-order valence-electron chi connectivity index (χ0n) is 16.1. The second-order valence-corrected chi connectivity index (χ2v) is 9.14. The van der Waals surface area contributed by atoms with Crippen LogP contribution in [0.2, 0.25) is 5.02 Å². The summed E-state index contributed by atoms with van der Waals surface area (Å²) in [5, 5.41) is 17.0. The predicted molar refractivity (Wildman–Crippen MR) is 113 cm³/mol. The van der Waals surface area contributed by atoms with E-state index in [0.717, 1.165) is 12.1 Å². The van der Waals surface area contributed by atoms with E-state index in [4.69, 9.17) is 11.6 Å². The molecule has 0 spiro atoms. The van der Waals surface area contributed by atoms with E-state index in [1.807, 2.05) is 0 Å². The van der Waals surface area contributed by atoms with Crippen molar-refractivity contribution in [2.45, 2.75) is 18.7 Å². The second kappa shape index (κ2) is 8.29. The number of aromatic hydroxyl groups is 1. The number of benzene rings is 2. The van der Waals surface area contributed by atoms with Crippen molar-refractivity contribution < 1.29 is 18.3 Å². The molecule has 0 saturated heterocycles. The minimum absolute atomic E-state index is 0.0615. The number of nitrogens with one attached hydrogen (secondary N) is 1. The third-order valence-electron chi connectivity index (χ3n) is 4.35. The standard InChI is InChI=1S/C20H18ClN3O5S/c1-3-30(28,29)15-8-9-17(25)16(11-15)22-20(27)19-18(26)10-12(2)24(23-19)14-6-4-13(21)5-7-14/h4-11,25H,3H2,1-2H3,(H,22,27). The maximum atomic E-state index is 12.7. The Hall–Kier alpha value is -3.17. The summed E-state index contributed by atoms with van der Waals surface area (Å²) in [6.45, 7) is 3.14. The molecule has 0 aliphatic carbocycles. The number of amides is 1. The number of anilines is 1. The molecule has 156 valence electrons. The Morgan fingerprint density at radius 2 is 1.83 bits per heavy atom. The van der Waals surface area contributed by atoms with Crippen molar-refractivity contribution in [3.63, 3.8) is 0 Å². The SMILES string of the molecule is CCS(=O)(=O)c1ccc(O)c(NC(=O)c2nn(-c3ccc(Cl)cc3)c(C)cc2=O)c1. The van der Waals surface area contributed by atoms with E-state index in [1.165, 1.54) is 23.7 Å². The number of carbonyl (C=O) groups excluding carboxylic acids is 1. The van der Waals surface area contributed by atoms with Crippen LogP contribution in [0.3, 0.4) is 0 Å². The molecule has 10 heteroatoms. The van der Waals surface area contributed by atoms with Gasteiger partial charge >= 0.3 is 0 Å². The Kier molecular flexibility index (Phi) is 5.95. The summed E-state index contributed by atoms with van der Waals surface area (Å²) in [6, 6.07) is 11.4.